The number of aryl methyl sites for hydroxylation is 1. The summed E-state index contributed by atoms with van der Waals surface area (Å²) in [6.45, 7) is 2.95. The lowest BCUT2D eigenvalue weighted by Gasteiger charge is -2.22. The van der Waals surface area contributed by atoms with Gasteiger partial charge < -0.3 is 9.80 Å². The van der Waals surface area contributed by atoms with Crippen LogP contribution in [0.25, 0.3) is 0 Å². The third-order valence-electron chi connectivity index (χ3n) is 2.33. The molecule has 0 unspecified atom stereocenters. The molecular formula is C12H22N4S. The third-order valence-corrected chi connectivity index (χ3v) is 3.53. The van der Waals surface area contributed by atoms with Crippen LogP contribution < -0.4 is 0 Å². The second-order valence-corrected chi connectivity index (χ2v) is 5.49. The van der Waals surface area contributed by atoms with E-state index in [-0.39, 0.29) is 0 Å². The van der Waals surface area contributed by atoms with Crippen molar-refractivity contribution in [3.05, 3.63) is 16.1 Å². The molecular weight excluding hydrogens is 232 g/mol. The van der Waals surface area contributed by atoms with Crippen molar-refractivity contribution in [3.8, 4) is 0 Å². The number of rotatable bonds is 4. The maximum Gasteiger partial charge on any atom is 0.195 e. The number of aromatic nitrogens is 1. The SMILES string of the molecule is CCc1cnc(CCN=C(N(C)C)N(C)C)s1. The largest absolute Gasteiger partial charge is 0.349 e. The highest BCUT2D eigenvalue weighted by Gasteiger charge is 2.04. The minimum atomic E-state index is 0.794. The molecule has 0 aliphatic rings. The Labute approximate surface area is 108 Å². The van der Waals surface area contributed by atoms with Crippen molar-refractivity contribution >= 4 is 17.3 Å². The van der Waals surface area contributed by atoms with Crippen molar-refractivity contribution < 1.29 is 0 Å². The van der Waals surface area contributed by atoms with Gasteiger partial charge in [0.25, 0.3) is 0 Å². The molecule has 17 heavy (non-hydrogen) atoms. The zero-order chi connectivity index (χ0) is 12.8. The molecule has 0 aliphatic carbocycles. The first-order valence-electron chi connectivity index (χ1n) is 5.87. The normalized spacial score (nSPS) is 10.2. The summed E-state index contributed by atoms with van der Waals surface area (Å²) in [6.07, 6.45) is 3.97. The van der Waals surface area contributed by atoms with Gasteiger partial charge in [-0.25, -0.2) is 4.98 Å². The van der Waals surface area contributed by atoms with Crippen molar-refractivity contribution in [1.29, 1.82) is 0 Å². The summed E-state index contributed by atoms with van der Waals surface area (Å²) in [6, 6.07) is 0. The lowest BCUT2D eigenvalue weighted by atomic mass is 10.4. The van der Waals surface area contributed by atoms with Gasteiger partial charge in [-0.3, -0.25) is 4.99 Å². The second-order valence-electron chi connectivity index (χ2n) is 4.29. The van der Waals surface area contributed by atoms with E-state index in [0.29, 0.717) is 0 Å². The van der Waals surface area contributed by atoms with Gasteiger partial charge in [-0.2, -0.15) is 0 Å². The predicted molar refractivity (Wildman–Crippen MR) is 74.9 cm³/mol. The van der Waals surface area contributed by atoms with Crippen molar-refractivity contribution in [2.24, 2.45) is 4.99 Å². The molecule has 96 valence electrons. The van der Waals surface area contributed by atoms with Gasteiger partial charge in [0.05, 0.1) is 5.01 Å². The Kier molecular flexibility index (Phi) is 5.41. The average Bonchev–Trinajstić information content (AvgIpc) is 2.71. The Hall–Kier alpha value is -1.10. The van der Waals surface area contributed by atoms with Crippen molar-refractivity contribution in [3.63, 3.8) is 0 Å². The number of hydrogen-bond donors (Lipinski definition) is 0. The van der Waals surface area contributed by atoms with Gasteiger partial charge in [-0.1, -0.05) is 6.92 Å². The highest BCUT2D eigenvalue weighted by Crippen LogP contribution is 2.13. The fraction of sp³-hybridized carbons (Fsp3) is 0.667. The van der Waals surface area contributed by atoms with E-state index in [1.165, 1.54) is 9.88 Å². The summed E-state index contributed by atoms with van der Waals surface area (Å²) >= 11 is 1.79. The molecule has 5 heteroatoms. The lowest BCUT2D eigenvalue weighted by Crippen LogP contribution is -2.35. The molecule has 0 atom stereocenters. The molecule has 0 amide bonds. The van der Waals surface area contributed by atoms with Crippen LogP contribution in [0.2, 0.25) is 0 Å². The van der Waals surface area contributed by atoms with E-state index in [4.69, 9.17) is 0 Å². The van der Waals surface area contributed by atoms with Crippen LogP contribution in [0, 0.1) is 0 Å². The van der Waals surface area contributed by atoms with Crippen LogP contribution in [-0.4, -0.2) is 55.5 Å². The molecule has 0 saturated heterocycles. The summed E-state index contributed by atoms with van der Waals surface area (Å²) in [5.74, 6) is 0.997. The van der Waals surface area contributed by atoms with Gasteiger partial charge in [0, 0.05) is 52.2 Å². The minimum Gasteiger partial charge on any atom is -0.349 e. The maximum absolute atomic E-state index is 4.59. The van der Waals surface area contributed by atoms with E-state index in [2.05, 4.69) is 16.9 Å². The quantitative estimate of drug-likeness (QED) is 0.606. The molecule has 0 aromatic carbocycles. The highest BCUT2D eigenvalue weighted by atomic mass is 32.1. The molecule has 0 saturated carbocycles. The minimum absolute atomic E-state index is 0.794. The van der Waals surface area contributed by atoms with Gasteiger partial charge in [-0.05, 0) is 6.42 Å². The Morgan fingerprint density at radius 2 is 1.94 bits per heavy atom. The first-order valence-corrected chi connectivity index (χ1v) is 6.69. The molecule has 0 radical (unpaired) electrons. The third kappa shape index (κ3) is 4.34. The summed E-state index contributed by atoms with van der Waals surface area (Å²) < 4.78 is 0. The summed E-state index contributed by atoms with van der Waals surface area (Å²) in [4.78, 5) is 14.4. The fourth-order valence-electron chi connectivity index (χ4n) is 1.56. The molecule has 1 aromatic rings. The Bertz CT molecular complexity index is 358. The molecule has 4 nitrogen and oxygen atoms in total. The molecule has 0 aliphatic heterocycles. The predicted octanol–water partition coefficient (Wildman–Crippen LogP) is 1.73. The van der Waals surface area contributed by atoms with Crippen molar-refractivity contribution in [2.75, 3.05) is 34.7 Å². The van der Waals surface area contributed by atoms with Crippen LogP contribution in [0.5, 0.6) is 0 Å². The maximum atomic E-state index is 4.59. The molecule has 1 rings (SSSR count). The molecule has 0 spiro atoms. The van der Waals surface area contributed by atoms with Crippen molar-refractivity contribution in [1.82, 2.24) is 14.8 Å². The number of aliphatic imine (C=N–C) groups is 1. The zero-order valence-electron chi connectivity index (χ0n) is 11.4. The number of nitrogens with zero attached hydrogens (tertiary/aromatic N) is 4. The summed E-state index contributed by atoms with van der Waals surface area (Å²) in [5, 5.41) is 1.18. The van der Waals surface area contributed by atoms with E-state index in [9.17, 15) is 0 Å². The average molecular weight is 254 g/mol. The van der Waals surface area contributed by atoms with Crippen LogP contribution in [-0.2, 0) is 12.8 Å². The topological polar surface area (TPSA) is 31.7 Å². The van der Waals surface area contributed by atoms with Crippen LogP contribution >= 0.6 is 11.3 Å². The first-order chi connectivity index (χ1) is 8.04. The van der Waals surface area contributed by atoms with Crippen LogP contribution in [0.15, 0.2) is 11.2 Å². The van der Waals surface area contributed by atoms with E-state index < -0.39 is 0 Å². The second kappa shape index (κ2) is 6.59. The molecule has 1 heterocycles. The first kappa shape index (κ1) is 14.0. The molecule has 0 bridgehead atoms. The lowest BCUT2D eigenvalue weighted by molar-refractivity contribution is 0.479. The number of guanidine groups is 1. The Morgan fingerprint density at radius 3 is 2.41 bits per heavy atom. The van der Waals surface area contributed by atoms with Gasteiger partial charge in [-0.15, -0.1) is 11.3 Å². The summed E-state index contributed by atoms with van der Waals surface area (Å²) in [7, 11) is 8.05. The van der Waals surface area contributed by atoms with Gasteiger partial charge >= 0.3 is 0 Å². The smallest absolute Gasteiger partial charge is 0.195 e. The van der Waals surface area contributed by atoms with Crippen molar-refractivity contribution in [2.45, 2.75) is 19.8 Å². The monoisotopic (exact) mass is 254 g/mol. The van der Waals surface area contributed by atoms with Crippen LogP contribution in [0.1, 0.15) is 16.8 Å². The molecule has 0 N–H and O–H groups in total. The standard InChI is InChI=1S/C12H22N4S/c1-6-10-9-14-11(17-10)7-8-13-12(15(2)3)16(4)5/h9H,6-8H2,1-5H3. The number of hydrogen-bond acceptors (Lipinski definition) is 3. The fourth-order valence-corrected chi connectivity index (χ4v) is 2.41. The van der Waals surface area contributed by atoms with Gasteiger partial charge in [0.1, 0.15) is 0 Å². The van der Waals surface area contributed by atoms with Gasteiger partial charge in [0.2, 0.25) is 0 Å². The number of thiazole rings is 1. The summed E-state index contributed by atoms with van der Waals surface area (Å²) in [5.41, 5.74) is 0. The van der Waals surface area contributed by atoms with E-state index in [0.717, 1.165) is 25.3 Å². The van der Waals surface area contributed by atoms with E-state index in [1.807, 2.05) is 44.2 Å². The van der Waals surface area contributed by atoms with E-state index >= 15 is 0 Å². The Balaban J connectivity index is 2.52. The van der Waals surface area contributed by atoms with Crippen LogP contribution in [0.3, 0.4) is 0 Å². The zero-order valence-corrected chi connectivity index (χ0v) is 12.2. The van der Waals surface area contributed by atoms with Gasteiger partial charge in [0.15, 0.2) is 5.96 Å². The van der Waals surface area contributed by atoms with E-state index in [1.54, 1.807) is 11.3 Å². The molecule has 0 fully saturated rings. The van der Waals surface area contributed by atoms with Crippen LogP contribution in [0.4, 0.5) is 0 Å². The Morgan fingerprint density at radius 1 is 1.29 bits per heavy atom. The highest BCUT2D eigenvalue weighted by molar-refractivity contribution is 7.11. The molecule has 1 aromatic heterocycles.